The van der Waals surface area contributed by atoms with Crippen LogP contribution in [0.5, 0.6) is 11.5 Å². The van der Waals surface area contributed by atoms with Gasteiger partial charge in [-0.15, -0.1) is 0 Å². The second kappa shape index (κ2) is 5.27. The lowest BCUT2D eigenvalue weighted by Crippen LogP contribution is -2.18. The number of methoxy groups -OCH3 is 2. The molecule has 5 nitrogen and oxygen atoms in total. The Morgan fingerprint density at radius 1 is 1.39 bits per heavy atom. The van der Waals surface area contributed by atoms with Gasteiger partial charge in [0.15, 0.2) is 0 Å². The van der Waals surface area contributed by atoms with Crippen LogP contribution in [0.25, 0.3) is 0 Å². The molecular formula is C13H16O5. The van der Waals surface area contributed by atoms with E-state index < -0.39 is 18.0 Å². The summed E-state index contributed by atoms with van der Waals surface area (Å²) in [6.45, 7) is 0.455. The van der Waals surface area contributed by atoms with E-state index in [1.165, 1.54) is 0 Å². The van der Waals surface area contributed by atoms with Crippen molar-refractivity contribution in [1.29, 1.82) is 0 Å². The van der Waals surface area contributed by atoms with E-state index in [0.29, 0.717) is 24.5 Å². The third-order valence-electron chi connectivity index (χ3n) is 3.16. The average Bonchev–Trinajstić information content (AvgIpc) is 2.87. The molecule has 1 heterocycles. The monoisotopic (exact) mass is 252 g/mol. The molecule has 1 N–H and O–H groups in total. The van der Waals surface area contributed by atoms with Crippen LogP contribution in [0.4, 0.5) is 0 Å². The van der Waals surface area contributed by atoms with Gasteiger partial charge >= 0.3 is 5.97 Å². The zero-order chi connectivity index (χ0) is 13.1. The summed E-state index contributed by atoms with van der Waals surface area (Å²) in [6.07, 6.45) is 0.0678. The van der Waals surface area contributed by atoms with E-state index in [9.17, 15) is 4.79 Å². The number of carboxylic acid groups (broad SMARTS) is 1. The van der Waals surface area contributed by atoms with Crippen molar-refractivity contribution in [2.75, 3.05) is 20.8 Å². The van der Waals surface area contributed by atoms with E-state index in [4.69, 9.17) is 19.3 Å². The van der Waals surface area contributed by atoms with Crippen LogP contribution in [0.2, 0.25) is 0 Å². The molecular weight excluding hydrogens is 236 g/mol. The number of aliphatic carboxylic acids is 1. The molecule has 5 heteroatoms. The van der Waals surface area contributed by atoms with Crippen molar-refractivity contribution in [2.24, 2.45) is 5.92 Å². The van der Waals surface area contributed by atoms with Crippen LogP contribution in [-0.4, -0.2) is 31.9 Å². The quantitative estimate of drug-likeness (QED) is 0.886. The molecule has 2 atom stereocenters. The predicted octanol–water partition coefficient (Wildman–Crippen LogP) is 1.87. The summed E-state index contributed by atoms with van der Waals surface area (Å²) < 4.78 is 15.9. The van der Waals surface area contributed by atoms with Gasteiger partial charge < -0.3 is 19.3 Å². The van der Waals surface area contributed by atoms with Crippen molar-refractivity contribution in [1.82, 2.24) is 0 Å². The second-order valence-corrected chi connectivity index (χ2v) is 4.13. The Balaban J connectivity index is 2.35. The lowest BCUT2D eigenvalue weighted by atomic mass is 9.95. The minimum atomic E-state index is -0.838. The third-order valence-corrected chi connectivity index (χ3v) is 3.16. The van der Waals surface area contributed by atoms with Crippen molar-refractivity contribution in [3.8, 4) is 11.5 Å². The van der Waals surface area contributed by atoms with Gasteiger partial charge in [-0.05, 0) is 18.6 Å². The van der Waals surface area contributed by atoms with Gasteiger partial charge in [0, 0.05) is 18.2 Å². The van der Waals surface area contributed by atoms with Gasteiger partial charge in [-0.2, -0.15) is 0 Å². The highest BCUT2D eigenvalue weighted by Crippen LogP contribution is 2.40. The second-order valence-electron chi connectivity index (χ2n) is 4.13. The molecule has 2 rings (SSSR count). The lowest BCUT2D eigenvalue weighted by Gasteiger charge is -2.18. The van der Waals surface area contributed by atoms with Crippen LogP contribution in [0.15, 0.2) is 18.2 Å². The molecule has 0 spiro atoms. The molecule has 0 radical (unpaired) electrons. The first-order valence-electron chi connectivity index (χ1n) is 5.73. The Morgan fingerprint density at radius 2 is 2.17 bits per heavy atom. The maximum Gasteiger partial charge on any atom is 0.309 e. The maximum absolute atomic E-state index is 11.2. The molecule has 18 heavy (non-hydrogen) atoms. The molecule has 1 aliphatic heterocycles. The Morgan fingerprint density at radius 3 is 2.78 bits per heavy atom. The Bertz CT molecular complexity index is 443. The van der Waals surface area contributed by atoms with Gasteiger partial charge in [0.2, 0.25) is 0 Å². The molecule has 1 aromatic carbocycles. The van der Waals surface area contributed by atoms with Crippen molar-refractivity contribution in [3.05, 3.63) is 23.8 Å². The van der Waals surface area contributed by atoms with Crippen LogP contribution < -0.4 is 9.47 Å². The van der Waals surface area contributed by atoms with Gasteiger partial charge in [0.05, 0.1) is 26.2 Å². The highest BCUT2D eigenvalue weighted by molar-refractivity contribution is 5.71. The summed E-state index contributed by atoms with van der Waals surface area (Å²) in [4.78, 5) is 11.2. The number of hydrogen-bond donors (Lipinski definition) is 1. The molecule has 1 aromatic rings. The van der Waals surface area contributed by atoms with Crippen LogP contribution in [-0.2, 0) is 9.53 Å². The topological polar surface area (TPSA) is 65.0 Å². The third kappa shape index (κ3) is 2.26. The minimum absolute atomic E-state index is 0.455. The minimum Gasteiger partial charge on any atom is -0.497 e. The summed E-state index contributed by atoms with van der Waals surface area (Å²) >= 11 is 0. The smallest absolute Gasteiger partial charge is 0.309 e. The van der Waals surface area contributed by atoms with Crippen LogP contribution in [0.3, 0.4) is 0 Å². The van der Waals surface area contributed by atoms with E-state index >= 15 is 0 Å². The summed E-state index contributed by atoms with van der Waals surface area (Å²) in [5.41, 5.74) is 0.753. The van der Waals surface area contributed by atoms with Gasteiger partial charge in [-0.3, -0.25) is 4.79 Å². The molecule has 0 bridgehead atoms. The molecule has 2 unspecified atom stereocenters. The average molecular weight is 252 g/mol. The number of carbonyl (C=O) groups is 1. The number of hydrogen-bond acceptors (Lipinski definition) is 4. The lowest BCUT2D eigenvalue weighted by molar-refractivity contribution is -0.143. The molecule has 1 fully saturated rings. The standard InChI is InChI=1S/C13H16O5/c1-16-8-3-4-9(11(7-8)17-2)12-10(13(14)15)5-6-18-12/h3-4,7,10,12H,5-6H2,1-2H3,(H,14,15). The predicted molar refractivity (Wildman–Crippen MR) is 64.0 cm³/mol. The Hall–Kier alpha value is -1.75. The van der Waals surface area contributed by atoms with E-state index in [-0.39, 0.29) is 0 Å². The normalized spacial score (nSPS) is 22.8. The highest BCUT2D eigenvalue weighted by atomic mass is 16.5. The molecule has 98 valence electrons. The Kier molecular flexibility index (Phi) is 3.72. The molecule has 1 aliphatic rings. The number of carboxylic acids is 1. The van der Waals surface area contributed by atoms with E-state index in [0.717, 1.165) is 5.56 Å². The van der Waals surface area contributed by atoms with Crippen LogP contribution in [0, 0.1) is 5.92 Å². The van der Waals surface area contributed by atoms with Gasteiger partial charge in [-0.1, -0.05) is 0 Å². The van der Waals surface area contributed by atoms with Crippen LogP contribution >= 0.6 is 0 Å². The van der Waals surface area contributed by atoms with Crippen molar-refractivity contribution < 1.29 is 24.1 Å². The van der Waals surface area contributed by atoms with Gasteiger partial charge in [0.1, 0.15) is 11.5 Å². The van der Waals surface area contributed by atoms with Crippen molar-refractivity contribution in [2.45, 2.75) is 12.5 Å². The Labute approximate surface area is 105 Å². The molecule has 1 saturated heterocycles. The van der Waals surface area contributed by atoms with E-state index in [1.54, 1.807) is 32.4 Å². The van der Waals surface area contributed by atoms with Gasteiger partial charge in [-0.25, -0.2) is 0 Å². The largest absolute Gasteiger partial charge is 0.497 e. The molecule has 0 amide bonds. The number of benzene rings is 1. The molecule has 0 aromatic heterocycles. The first-order valence-corrected chi connectivity index (χ1v) is 5.73. The zero-order valence-corrected chi connectivity index (χ0v) is 10.4. The fourth-order valence-corrected chi connectivity index (χ4v) is 2.20. The summed E-state index contributed by atoms with van der Waals surface area (Å²) in [6, 6.07) is 5.30. The summed E-state index contributed by atoms with van der Waals surface area (Å²) in [5.74, 6) is -0.101. The van der Waals surface area contributed by atoms with Crippen molar-refractivity contribution >= 4 is 5.97 Å². The van der Waals surface area contributed by atoms with Crippen molar-refractivity contribution in [3.63, 3.8) is 0 Å². The fraction of sp³-hybridized carbons (Fsp3) is 0.462. The van der Waals surface area contributed by atoms with Gasteiger partial charge in [0.25, 0.3) is 0 Å². The summed E-state index contributed by atoms with van der Waals surface area (Å²) in [7, 11) is 3.11. The number of ether oxygens (including phenoxy) is 3. The first-order chi connectivity index (χ1) is 8.67. The SMILES string of the molecule is COc1ccc(C2OCCC2C(=O)O)c(OC)c1. The summed E-state index contributed by atoms with van der Waals surface area (Å²) in [5, 5.41) is 9.16. The maximum atomic E-state index is 11.2. The van der Waals surface area contributed by atoms with E-state index in [1.807, 2.05) is 0 Å². The van der Waals surface area contributed by atoms with E-state index in [2.05, 4.69) is 0 Å². The number of rotatable bonds is 4. The molecule has 0 saturated carbocycles. The highest BCUT2D eigenvalue weighted by Gasteiger charge is 2.36. The fourth-order valence-electron chi connectivity index (χ4n) is 2.20. The molecule has 0 aliphatic carbocycles. The zero-order valence-electron chi connectivity index (χ0n) is 10.4. The van der Waals surface area contributed by atoms with Crippen LogP contribution in [0.1, 0.15) is 18.1 Å². The first kappa shape index (κ1) is 12.7.